The normalized spacial score (nSPS) is 14.1. The van der Waals surface area contributed by atoms with E-state index in [0.717, 1.165) is 16.7 Å². The van der Waals surface area contributed by atoms with Crippen LogP contribution in [0, 0.1) is 0 Å². The molecule has 25 heavy (non-hydrogen) atoms. The van der Waals surface area contributed by atoms with Gasteiger partial charge in [0.15, 0.2) is 0 Å². The maximum absolute atomic E-state index is 11.7. The quantitative estimate of drug-likeness (QED) is 0.378. The lowest BCUT2D eigenvalue weighted by atomic mass is 9.78. The number of hydrogen-bond acceptors (Lipinski definition) is 2. The van der Waals surface area contributed by atoms with Gasteiger partial charge in [0.2, 0.25) is 0 Å². The molecule has 124 valence electrons. The highest BCUT2D eigenvalue weighted by atomic mass is 16.3. The van der Waals surface area contributed by atoms with Crippen molar-refractivity contribution in [3.05, 3.63) is 118 Å². The second-order valence-electron chi connectivity index (χ2n) is 5.97. The molecular formula is C21H19N3O. The van der Waals surface area contributed by atoms with Crippen molar-refractivity contribution in [1.29, 1.82) is 0 Å². The van der Waals surface area contributed by atoms with Crippen LogP contribution < -0.4 is 0 Å². The van der Waals surface area contributed by atoms with E-state index < -0.39 is 11.6 Å². The number of aliphatic hydroxyl groups is 1. The van der Waals surface area contributed by atoms with Gasteiger partial charge in [0, 0.05) is 11.3 Å². The number of azide groups is 1. The van der Waals surface area contributed by atoms with Crippen LogP contribution in [0.5, 0.6) is 0 Å². The fraction of sp³-hybridized carbons (Fsp3) is 0.143. The zero-order chi connectivity index (χ0) is 17.5. The van der Waals surface area contributed by atoms with Crippen LogP contribution in [0.4, 0.5) is 0 Å². The highest BCUT2D eigenvalue weighted by molar-refractivity contribution is 5.33. The predicted molar refractivity (Wildman–Crippen MR) is 98.8 cm³/mol. The second-order valence-corrected chi connectivity index (χ2v) is 5.97. The average Bonchev–Trinajstić information content (AvgIpc) is 2.68. The van der Waals surface area contributed by atoms with Crippen LogP contribution in [0.2, 0.25) is 0 Å². The van der Waals surface area contributed by atoms with E-state index in [0.29, 0.717) is 6.42 Å². The average molecular weight is 329 g/mol. The lowest BCUT2D eigenvalue weighted by Gasteiger charge is -2.35. The molecule has 0 spiro atoms. The summed E-state index contributed by atoms with van der Waals surface area (Å²) < 4.78 is 0. The molecule has 0 aliphatic carbocycles. The number of benzene rings is 3. The maximum atomic E-state index is 11.7. The van der Waals surface area contributed by atoms with Crippen LogP contribution in [0.1, 0.15) is 22.7 Å². The van der Waals surface area contributed by atoms with Gasteiger partial charge in [0.05, 0.1) is 6.04 Å². The van der Waals surface area contributed by atoms with E-state index in [4.69, 9.17) is 5.53 Å². The summed E-state index contributed by atoms with van der Waals surface area (Å²) in [5, 5.41) is 15.7. The Balaban J connectivity index is 2.13. The fourth-order valence-corrected chi connectivity index (χ4v) is 3.12. The molecule has 4 nitrogen and oxygen atoms in total. The smallest absolute Gasteiger partial charge is 0.106 e. The first-order valence-electron chi connectivity index (χ1n) is 8.15. The lowest BCUT2D eigenvalue weighted by molar-refractivity contribution is 0.00891. The standard InChI is InChI=1S/C21H19N3O/c22-24-23-20(18-12-6-2-7-13-18)21(25,19-14-8-3-9-15-19)16-17-10-4-1-5-11-17/h1-15,20,25H,16H2/t20-,21-/m1/s1. The molecule has 0 saturated heterocycles. The summed E-state index contributed by atoms with van der Waals surface area (Å²) in [4.78, 5) is 3.01. The molecule has 3 aromatic carbocycles. The van der Waals surface area contributed by atoms with E-state index in [2.05, 4.69) is 10.0 Å². The van der Waals surface area contributed by atoms with Gasteiger partial charge in [-0.15, -0.1) is 0 Å². The number of rotatable bonds is 6. The van der Waals surface area contributed by atoms with Crippen LogP contribution >= 0.6 is 0 Å². The second kappa shape index (κ2) is 7.67. The largest absolute Gasteiger partial charge is 0.384 e. The van der Waals surface area contributed by atoms with Gasteiger partial charge in [-0.2, -0.15) is 0 Å². The predicted octanol–water partition coefficient (Wildman–Crippen LogP) is 5.17. The molecule has 0 amide bonds. The third-order valence-corrected chi connectivity index (χ3v) is 4.32. The Morgan fingerprint density at radius 3 is 1.92 bits per heavy atom. The van der Waals surface area contributed by atoms with Crippen molar-refractivity contribution < 1.29 is 5.11 Å². The van der Waals surface area contributed by atoms with Crippen molar-refractivity contribution in [3.63, 3.8) is 0 Å². The summed E-state index contributed by atoms with van der Waals surface area (Å²) in [5.41, 5.74) is 10.2. The van der Waals surface area contributed by atoms with Gasteiger partial charge in [0.1, 0.15) is 5.60 Å². The minimum absolute atomic E-state index is 0.344. The number of nitrogens with zero attached hydrogens (tertiary/aromatic N) is 3. The van der Waals surface area contributed by atoms with Crippen LogP contribution in [0.25, 0.3) is 10.4 Å². The first-order chi connectivity index (χ1) is 12.2. The lowest BCUT2D eigenvalue weighted by Crippen LogP contribution is -2.35. The fourth-order valence-electron chi connectivity index (χ4n) is 3.12. The van der Waals surface area contributed by atoms with Gasteiger partial charge in [-0.05, 0) is 22.2 Å². The van der Waals surface area contributed by atoms with Gasteiger partial charge < -0.3 is 5.11 Å². The monoisotopic (exact) mass is 329 g/mol. The molecule has 1 N–H and O–H groups in total. The Bertz CT molecular complexity index is 846. The molecule has 3 aromatic rings. The van der Waals surface area contributed by atoms with E-state index in [1.807, 2.05) is 91.0 Å². The summed E-state index contributed by atoms with van der Waals surface area (Å²) in [6.07, 6.45) is 0.344. The van der Waals surface area contributed by atoms with Crippen molar-refractivity contribution in [2.24, 2.45) is 5.11 Å². The van der Waals surface area contributed by atoms with Crippen molar-refractivity contribution in [2.75, 3.05) is 0 Å². The van der Waals surface area contributed by atoms with Crippen LogP contribution in [0.15, 0.2) is 96.1 Å². The Labute approximate surface area is 147 Å². The van der Waals surface area contributed by atoms with Gasteiger partial charge in [-0.25, -0.2) is 0 Å². The van der Waals surface area contributed by atoms with Crippen LogP contribution in [-0.4, -0.2) is 5.11 Å². The minimum Gasteiger partial charge on any atom is -0.384 e. The first kappa shape index (κ1) is 16.8. The summed E-state index contributed by atoms with van der Waals surface area (Å²) in [6.45, 7) is 0. The Kier molecular flexibility index (Phi) is 5.14. The van der Waals surface area contributed by atoms with E-state index in [1.54, 1.807) is 0 Å². The molecule has 0 saturated carbocycles. The van der Waals surface area contributed by atoms with Crippen molar-refractivity contribution in [3.8, 4) is 0 Å². The van der Waals surface area contributed by atoms with E-state index >= 15 is 0 Å². The summed E-state index contributed by atoms with van der Waals surface area (Å²) in [5.74, 6) is 0. The molecular weight excluding hydrogens is 310 g/mol. The molecule has 0 aliphatic rings. The van der Waals surface area contributed by atoms with Gasteiger partial charge in [0.25, 0.3) is 0 Å². The summed E-state index contributed by atoms with van der Waals surface area (Å²) >= 11 is 0. The van der Waals surface area contributed by atoms with Gasteiger partial charge in [-0.3, -0.25) is 0 Å². The molecule has 0 fully saturated rings. The van der Waals surface area contributed by atoms with Crippen molar-refractivity contribution in [2.45, 2.75) is 18.1 Å². The Morgan fingerprint density at radius 1 is 0.840 bits per heavy atom. The molecule has 0 aromatic heterocycles. The molecule has 0 unspecified atom stereocenters. The van der Waals surface area contributed by atoms with E-state index in [9.17, 15) is 5.11 Å². The highest BCUT2D eigenvalue weighted by Crippen LogP contribution is 2.40. The van der Waals surface area contributed by atoms with Gasteiger partial charge in [-0.1, -0.05) is 96.1 Å². The third-order valence-electron chi connectivity index (χ3n) is 4.32. The molecule has 3 rings (SSSR count). The molecule has 0 bridgehead atoms. The van der Waals surface area contributed by atoms with Crippen molar-refractivity contribution in [1.82, 2.24) is 0 Å². The van der Waals surface area contributed by atoms with Crippen LogP contribution in [-0.2, 0) is 12.0 Å². The zero-order valence-electron chi connectivity index (χ0n) is 13.7. The summed E-state index contributed by atoms with van der Waals surface area (Å²) in [7, 11) is 0. The van der Waals surface area contributed by atoms with Crippen molar-refractivity contribution >= 4 is 0 Å². The van der Waals surface area contributed by atoms with Crippen LogP contribution in [0.3, 0.4) is 0 Å². The highest BCUT2D eigenvalue weighted by Gasteiger charge is 2.39. The Hall–Kier alpha value is -3.07. The molecule has 0 aliphatic heterocycles. The number of hydrogen-bond donors (Lipinski definition) is 1. The SMILES string of the molecule is [N-]=[N+]=N[C@H](c1ccccc1)[C@@](O)(Cc1ccccc1)c1ccccc1. The first-order valence-corrected chi connectivity index (χ1v) is 8.15. The van der Waals surface area contributed by atoms with Gasteiger partial charge >= 0.3 is 0 Å². The summed E-state index contributed by atoms with van der Waals surface area (Å²) in [6, 6.07) is 27.8. The molecule has 0 radical (unpaired) electrons. The Morgan fingerprint density at radius 2 is 1.36 bits per heavy atom. The third kappa shape index (κ3) is 3.72. The minimum atomic E-state index is -1.35. The topological polar surface area (TPSA) is 69.0 Å². The van der Waals surface area contributed by atoms with E-state index in [-0.39, 0.29) is 0 Å². The van der Waals surface area contributed by atoms with E-state index in [1.165, 1.54) is 0 Å². The molecule has 4 heteroatoms. The molecule has 2 atom stereocenters. The molecule has 0 heterocycles. The zero-order valence-corrected chi connectivity index (χ0v) is 13.7. The maximum Gasteiger partial charge on any atom is 0.106 e.